The monoisotopic (exact) mass is 581 g/mol. The first-order valence-electron chi connectivity index (χ1n) is 12.4. The van der Waals surface area contributed by atoms with Gasteiger partial charge in [0, 0.05) is 31.9 Å². The molecular formula is C26H27N7O3S3. The van der Waals surface area contributed by atoms with Crippen LogP contribution in [0.2, 0.25) is 0 Å². The second-order valence-corrected chi connectivity index (χ2v) is 12.3. The number of likely N-dealkylation sites (N-methyl/N-ethyl adjacent to an activating group) is 1. The maximum absolute atomic E-state index is 13.2. The van der Waals surface area contributed by atoms with Gasteiger partial charge in [-0.05, 0) is 43.8 Å². The summed E-state index contributed by atoms with van der Waals surface area (Å²) in [7, 11) is 2.03. The summed E-state index contributed by atoms with van der Waals surface area (Å²) in [5, 5.41) is 15.0. The quantitative estimate of drug-likeness (QED) is 0.299. The summed E-state index contributed by atoms with van der Waals surface area (Å²) >= 11 is 4.16. The largest absolute Gasteiger partial charge is 0.336 e. The number of carbonyl (C=O) groups is 3. The highest BCUT2D eigenvalue weighted by atomic mass is 32.2. The van der Waals surface area contributed by atoms with Crippen molar-refractivity contribution in [1.82, 2.24) is 25.0 Å². The smallest absolute Gasteiger partial charge is 0.256 e. The third-order valence-electron chi connectivity index (χ3n) is 6.16. The van der Waals surface area contributed by atoms with E-state index in [1.54, 1.807) is 35.2 Å². The van der Waals surface area contributed by atoms with Crippen LogP contribution in [0.15, 0.2) is 46.8 Å². The van der Waals surface area contributed by atoms with Gasteiger partial charge in [0.15, 0.2) is 4.34 Å². The van der Waals surface area contributed by atoms with Crippen molar-refractivity contribution in [2.24, 2.45) is 0 Å². The number of anilines is 2. The fourth-order valence-corrected chi connectivity index (χ4v) is 6.62. The number of thioether (sulfide) groups is 1. The number of benzene rings is 2. The van der Waals surface area contributed by atoms with Crippen LogP contribution in [0.1, 0.15) is 32.6 Å². The van der Waals surface area contributed by atoms with Gasteiger partial charge in [0.1, 0.15) is 5.01 Å². The van der Waals surface area contributed by atoms with Crippen LogP contribution in [0, 0.1) is 0 Å². The SMILES string of the molecule is CCc1nnc(NC(=O)CSc2nc3ccc(NC(=O)c4ccccc4C(=O)N4CCN(C)CC4)cc3s2)s1. The first kappa shape index (κ1) is 27.2. The van der Waals surface area contributed by atoms with Gasteiger partial charge in [-0.1, -0.05) is 42.2 Å². The van der Waals surface area contributed by atoms with Gasteiger partial charge in [-0.2, -0.15) is 0 Å². The molecule has 0 radical (unpaired) electrons. The van der Waals surface area contributed by atoms with E-state index in [9.17, 15) is 14.4 Å². The molecule has 3 amide bonds. The molecule has 2 aromatic carbocycles. The lowest BCUT2D eigenvalue weighted by Gasteiger charge is -2.32. The number of aromatic nitrogens is 3. The van der Waals surface area contributed by atoms with Crippen molar-refractivity contribution in [3.05, 3.63) is 58.6 Å². The third-order valence-corrected chi connectivity index (χ3v) is 9.31. The van der Waals surface area contributed by atoms with E-state index in [1.807, 2.05) is 26.1 Å². The van der Waals surface area contributed by atoms with E-state index in [1.165, 1.54) is 34.4 Å². The number of rotatable bonds is 8. The molecule has 0 atom stereocenters. The molecule has 5 rings (SSSR count). The molecule has 1 aliphatic heterocycles. The lowest BCUT2D eigenvalue weighted by molar-refractivity contribution is -0.113. The van der Waals surface area contributed by atoms with Crippen molar-refractivity contribution >= 4 is 73.2 Å². The van der Waals surface area contributed by atoms with Gasteiger partial charge in [0.25, 0.3) is 11.8 Å². The molecule has 4 aromatic rings. The Labute approximate surface area is 237 Å². The number of carbonyl (C=O) groups excluding carboxylic acids is 3. The standard InChI is InChI=1S/C26H27N7O3S3/c1-3-22-30-31-25(39-22)29-21(34)15-37-26-28-19-9-8-16(14-20(19)38-26)27-23(35)17-6-4-5-7-18(17)24(36)33-12-10-32(2)11-13-33/h4-9,14H,3,10-13,15H2,1-2H3,(H,27,35)(H,29,31,34). The molecule has 0 unspecified atom stereocenters. The summed E-state index contributed by atoms with van der Waals surface area (Å²) in [6.45, 7) is 4.88. The number of hydrogen-bond donors (Lipinski definition) is 2. The van der Waals surface area contributed by atoms with E-state index in [-0.39, 0.29) is 23.5 Å². The van der Waals surface area contributed by atoms with E-state index < -0.39 is 0 Å². The van der Waals surface area contributed by atoms with Crippen LogP contribution >= 0.6 is 34.4 Å². The molecule has 10 nitrogen and oxygen atoms in total. The van der Waals surface area contributed by atoms with Crippen molar-refractivity contribution < 1.29 is 14.4 Å². The molecule has 1 saturated heterocycles. The molecule has 1 fully saturated rings. The van der Waals surface area contributed by atoms with Gasteiger partial charge in [0.05, 0.1) is 27.1 Å². The maximum Gasteiger partial charge on any atom is 0.256 e. The zero-order valence-corrected chi connectivity index (χ0v) is 23.9. The van der Waals surface area contributed by atoms with E-state index in [0.29, 0.717) is 35.0 Å². The van der Waals surface area contributed by atoms with Gasteiger partial charge in [-0.3, -0.25) is 19.7 Å². The summed E-state index contributed by atoms with van der Waals surface area (Å²) in [4.78, 5) is 47.3. The molecule has 39 heavy (non-hydrogen) atoms. The Kier molecular flexibility index (Phi) is 8.50. The summed E-state index contributed by atoms with van der Waals surface area (Å²) in [5.41, 5.74) is 2.13. The molecule has 3 heterocycles. The predicted octanol–water partition coefficient (Wildman–Crippen LogP) is 4.08. The number of piperazine rings is 1. The molecule has 0 bridgehead atoms. The van der Waals surface area contributed by atoms with Gasteiger partial charge in [-0.15, -0.1) is 21.5 Å². The summed E-state index contributed by atoms with van der Waals surface area (Å²) in [6, 6.07) is 12.4. The average molecular weight is 582 g/mol. The molecule has 0 aliphatic carbocycles. The van der Waals surface area contributed by atoms with Crippen LogP contribution in [0.25, 0.3) is 10.2 Å². The first-order valence-corrected chi connectivity index (χ1v) is 15.1. The van der Waals surface area contributed by atoms with E-state index in [0.717, 1.165) is 39.1 Å². The molecular weight excluding hydrogens is 555 g/mol. The van der Waals surface area contributed by atoms with Crippen LogP contribution in [0.3, 0.4) is 0 Å². The van der Waals surface area contributed by atoms with Gasteiger partial charge in [0.2, 0.25) is 11.0 Å². The molecule has 2 aromatic heterocycles. The van der Waals surface area contributed by atoms with Gasteiger partial charge >= 0.3 is 0 Å². The zero-order valence-electron chi connectivity index (χ0n) is 21.5. The maximum atomic E-state index is 13.2. The van der Waals surface area contributed by atoms with Crippen molar-refractivity contribution in [3.63, 3.8) is 0 Å². The normalized spacial score (nSPS) is 13.9. The molecule has 202 valence electrons. The molecule has 0 saturated carbocycles. The second kappa shape index (κ2) is 12.2. The number of hydrogen-bond acceptors (Lipinski definition) is 10. The Balaban J connectivity index is 1.22. The number of nitrogens with one attached hydrogen (secondary N) is 2. The third kappa shape index (κ3) is 6.61. The van der Waals surface area contributed by atoms with Crippen molar-refractivity contribution in [2.45, 2.75) is 17.7 Å². The van der Waals surface area contributed by atoms with Crippen molar-refractivity contribution in [1.29, 1.82) is 0 Å². The molecule has 13 heteroatoms. The van der Waals surface area contributed by atoms with Crippen LogP contribution in [0.4, 0.5) is 10.8 Å². The average Bonchev–Trinajstić information content (AvgIpc) is 3.58. The fourth-order valence-electron chi connectivity index (χ4n) is 4.02. The fraction of sp³-hybridized carbons (Fsp3) is 0.308. The summed E-state index contributed by atoms with van der Waals surface area (Å²) in [6.07, 6.45) is 0.775. The number of aryl methyl sites for hydroxylation is 1. The van der Waals surface area contributed by atoms with E-state index in [4.69, 9.17) is 0 Å². The van der Waals surface area contributed by atoms with Crippen LogP contribution in [-0.2, 0) is 11.2 Å². The van der Waals surface area contributed by atoms with E-state index in [2.05, 4.69) is 30.7 Å². The van der Waals surface area contributed by atoms with Crippen LogP contribution in [-0.4, -0.2) is 81.7 Å². The highest BCUT2D eigenvalue weighted by Crippen LogP contribution is 2.31. The number of thiazole rings is 1. The van der Waals surface area contributed by atoms with Gasteiger partial charge < -0.3 is 15.1 Å². The van der Waals surface area contributed by atoms with Gasteiger partial charge in [-0.25, -0.2) is 4.98 Å². The van der Waals surface area contributed by atoms with Crippen molar-refractivity contribution in [3.8, 4) is 0 Å². The number of amides is 3. The minimum Gasteiger partial charge on any atom is -0.336 e. The lowest BCUT2D eigenvalue weighted by Crippen LogP contribution is -2.47. The predicted molar refractivity (Wildman–Crippen MR) is 156 cm³/mol. The first-order chi connectivity index (χ1) is 18.9. The second-order valence-electron chi connectivity index (χ2n) is 8.95. The Hall–Kier alpha value is -3.39. The number of nitrogens with zero attached hydrogens (tertiary/aromatic N) is 5. The minimum atomic E-state index is -0.342. The zero-order chi connectivity index (χ0) is 27.4. The molecule has 2 N–H and O–H groups in total. The van der Waals surface area contributed by atoms with Crippen LogP contribution < -0.4 is 10.6 Å². The topological polar surface area (TPSA) is 120 Å². The summed E-state index contributed by atoms with van der Waals surface area (Å²) < 4.78 is 1.63. The molecule has 0 spiro atoms. The Morgan fingerprint density at radius 2 is 1.74 bits per heavy atom. The number of fused-ring (bicyclic) bond motifs is 1. The highest BCUT2D eigenvalue weighted by Gasteiger charge is 2.24. The highest BCUT2D eigenvalue weighted by molar-refractivity contribution is 8.01. The Bertz CT molecular complexity index is 1510. The summed E-state index contributed by atoms with van der Waals surface area (Å²) in [5.74, 6) is -0.445. The molecule has 1 aliphatic rings. The lowest BCUT2D eigenvalue weighted by atomic mass is 10.0. The van der Waals surface area contributed by atoms with Crippen LogP contribution in [0.5, 0.6) is 0 Å². The van der Waals surface area contributed by atoms with E-state index >= 15 is 0 Å². The Morgan fingerprint density at radius 1 is 0.974 bits per heavy atom. The van der Waals surface area contributed by atoms with Crippen molar-refractivity contribution in [2.75, 3.05) is 49.6 Å². The minimum absolute atomic E-state index is 0.130. The Morgan fingerprint density at radius 3 is 2.49 bits per heavy atom.